The standard InChI is InChI=1S/C12H18N4O2/c13-11-9(12(17)18)6-10(15-16-11)14-7-8-4-2-1-3-5-8/h6,8H,1-5,7H2,(H2,13,16)(H,14,15)(H,17,18). The molecule has 1 aliphatic rings. The van der Waals surface area contributed by atoms with Crippen molar-refractivity contribution in [2.24, 2.45) is 5.92 Å². The van der Waals surface area contributed by atoms with Crippen LogP contribution in [0.4, 0.5) is 11.6 Å². The zero-order chi connectivity index (χ0) is 13.0. The Labute approximate surface area is 106 Å². The molecule has 18 heavy (non-hydrogen) atoms. The van der Waals surface area contributed by atoms with Gasteiger partial charge >= 0.3 is 5.97 Å². The molecule has 1 heterocycles. The van der Waals surface area contributed by atoms with Crippen LogP contribution in [0.1, 0.15) is 42.5 Å². The van der Waals surface area contributed by atoms with E-state index in [2.05, 4.69) is 15.5 Å². The lowest BCUT2D eigenvalue weighted by atomic mass is 9.89. The van der Waals surface area contributed by atoms with Crippen molar-refractivity contribution in [2.45, 2.75) is 32.1 Å². The Bertz CT molecular complexity index is 430. The van der Waals surface area contributed by atoms with Gasteiger partial charge in [-0.2, -0.15) is 0 Å². The third kappa shape index (κ3) is 3.09. The van der Waals surface area contributed by atoms with Crippen molar-refractivity contribution in [3.63, 3.8) is 0 Å². The number of carbonyl (C=O) groups is 1. The van der Waals surface area contributed by atoms with Gasteiger partial charge < -0.3 is 16.2 Å². The molecule has 6 nitrogen and oxygen atoms in total. The van der Waals surface area contributed by atoms with Crippen molar-refractivity contribution < 1.29 is 9.90 Å². The van der Waals surface area contributed by atoms with Crippen molar-refractivity contribution in [1.82, 2.24) is 10.2 Å². The number of aromatic carboxylic acids is 1. The van der Waals surface area contributed by atoms with Gasteiger partial charge in [-0.1, -0.05) is 19.3 Å². The van der Waals surface area contributed by atoms with Crippen molar-refractivity contribution >= 4 is 17.6 Å². The summed E-state index contributed by atoms with van der Waals surface area (Å²) in [6.07, 6.45) is 6.32. The highest BCUT2D eigenvalue weighted by atomic mass is 16.4. The number of carboxylic acids is 1. The molecule has 98 valence electrons. The number of rotatable bonds is 4. The molecule has 6 heteroatoms. The van der Waals surface area contributed by atoms with Crippen molar-refractivity contribution in [1.29, 1.82) is 0 Å². The maximum absolute atomic E-state index is 10.9. The second kappa shape index (κ2) is 5.66. The number of carboxylic acid groups (broad SMARTS) is 1. The Morgan fingerprint density at radius 1 is 1.39 bits per heavy atom. The van der Waals surface area contributed by atoms with Crippen LogP contribution in [0, 0.1) is 5.92 Å². The van der Waals surface area contributed by atoms with E-state index in [1.807, 2.05) is 0 Å². The molecule has 0 spiro atoms. The third-order valence-corrected chi connectivity index (χ3v) is 3.35. The summed E-state index contributed by atoms with van der Waals surface area (Å²) in [7, 11) is 0. The molecular weight excluding hydrogens is 232 g/mol. The van der Waals surface area contributed by atoms with Crippen LogP contribution in [-0.2, 0) is 0 Å². The predicted molar refractivity (Wildman–Crippen MR) is 68.5 cm³/mol. The second-order valence-corrected chi connectivity index (χ2v) is 4.72. The summed E-state index contributed by atoms with van der Waals surface area (Å²) in [5, 5.41) is 19.6. The normalized spacial score (nSPS) is 16.4. The van der Waals surface area contributed by atoms with Gasteiger partial charge in [0.2, 0.25) is 0 Å². The van der Waals surface area contributed by atoms with Crippen LogP contribution in [-0.4, -0.2) is 27.8 Å². The van der Waals surface area contributed by atoms with E-state index in [1.54, 1.807) is 0 Å². The molecular formula is C12H18N4O2. The Morgan fingerprint density at radius 3 is 2.78 bits per heavy atom. The summed E-state index contributed by atoms with van der Waals surface area (Å²) < 4.78 is 0. The summed E-state index contributed by atoms with van der Waals surface area (Å²) in [6, 6.07) is 1.44. The van der Waals surface area contributed by atoms with E-state index in [9.17, 15) is 4.79 Å². The van der Waals surface area contributed by atoms with E-state index >= 15 is 0 Å². The molecule has 4 N–H and O–H groups in total. The summed E-state index contributed by atoms with van der Waals surface area (Å²) in [5.41, 5.74) is 5.44. The average Bonchev–Trinajstić information content (AvgIpc) is 2.38. The lowest BCUT2D eigenvalue weighted by Gasteiger charge is -2.21. The number of hydrogen-bond donors (Lipinski definition) is 3. The number of nitrogens with one attached hydrogen (secondary N) is 1. The monoisotopic (exact) mass is 250 g/mol. The van der Waals surface area contributed by atoms with Crippen LogP contribution in [0.5, 0.6) is 0 Å². The van der Waals surface area contributed by atoms with E-state index < -0.39 is 5.97 Å². The van der Waals surface area contributed by atoms with Crippen LogP contribution in [0.3, 0.4) is 0 Å². The van der Waals surface area contributed by atoms with Gasteiger partial charge in [-0.3, -0.25) is 0 Å². The van der Waals surface area contributed by atoms with Gasteiger partial charge in [0.25, 0.3) is 0 Å². The lowest BCUT2D eigenvalue weighted by Crippen LogP contribution is -2.18. The largest absolute Gasteiger partial charge is 0.478 e. The Kier molecular flexibility index (Phi) is 3.96. The minimum Gasteiger partial charge on any atom is -0.478 e. The van der Waals surface area contributed by atoms with Gasteiger partial charge in [0.1, 0.15) is 11.4 Å². The van der Waals surface area contributed by atoms with Crippen molar-refractivity contribution in [3.8, 4) is 0 Å². The van der Waals surface area contributed by atoms with Crippen molar-refractivity contribution in [3.05, 3.63) is 11.6 Å². The molecule has 1 aromatic heterocycles. The van der Waals surface area contributed by atoms with Crippen molar-refractivity contribution in [2.75, 3.05) is 17.6 Å². The summed E-state index contributed by atoms with van der Waals surface area (Å²) in [6.45, 7) is 0.817. The van der Waals surface area contributed by atoms with E-state index in [4.69, 9.17) is 10.8 Å². The molecule has 2 rings (SSSR count). The van der Waals surface area contributed by atoms with Gasteiger partial charge in [0.15, 0.2) is 5.82 Å². The average molecular weight is 250 g/mol. The quantitative estimate of drug-likeness (QED) is 0.752. The first-order valence-corrected chi connectivity index (χ1v) is 6.27. The van der Waals surface area contributed by atoms with E-state index in [-0.39, 0.29) is 11.4 Å². The lowest BCUT2D eigenvalue weighted by molar-refractivity contribution is 0.0697. The van der Waals surface area contributed by atoms with Gasteiger partial charge in [-0.25, -0.2) is 4.79 Å². The smallest absolute Gasteiger partial charge is 0.339 e. The molecule has 1 saturated carbocycles. The van der Waals surface area contributed by atoms with Crippen LogP contribution < -0.4 is 11.1 Å². The molecule has 1 fully saturated rings. The number of nitrogens with zero attached hydrogens (tertiary/aromatic N) is 2. The number of nitrogens with two attached hydrogens (primary N) is 1. The molecule has 0 radical (unpaired) electrons. The predicted octanol–water partition coefficient (Wildman–Crippen LogP) is 1.75. The van der Waals surface area contributed by atoms with Gasteiger partial charge in [-0.05, 0) is 18.8 Å². The highest BCUT2D eigenvalue weighted by Crippen LogP contribution is 2.23. The van der Waals surface area contributed by atoms with Crippen LogP contribution in [0.2, 0.25) is 0 Å². The van der Waals surface area contributed by atoms with Crippen LogP contribution >= 0.6 is 0 Å². The highest BCUT2D eigenvalue weighted by Gasteiger charge is 2.15. The number of nitrogen functional groups attached to an aromatic ring is 1. The molecule has 1 aromatic rings. The first kappa shape index (κ1) is 12.6. The zero-order valence-corrected chi connectivity index (χ0v) is 10.2. The topological polar surface area (TPSA) is 101 Å². The van der Waals surface area contributed by atoms with Crippen LogP contribution in [0.25, 0.3) is 0 Å². The highest BCUT2D eigenvalue weighted by molar-refractivity contribution is 5.93. The summed E-state index contributed by atoms with van der Waals surface area (Å²) >= 11 is 0. The fraction of sp³-hybridized carbons (Fsp3) is 0.583. The SMILES string of the molecule is Nc1nnc(NCC2CCCCC2)cc1C(=O)O. The van der Waals surface area contributed by atoms with Gasteiger partial charge in [0.05, 0.1) is 0 Å². The molecule has 0 unspecified atom stereocenters. The molecule has 0 aromatic carbocycles. The van der Waals surface area contributed by atoms with Gasteiger partial charge in [-0.15, -0.1) is 10.2 Å². The van der Waals surface area contributed by atoms with Gasteiger partial charge in [0, 0.05) is 12.6 Å². The first-order valence-electron chi connectivity index (χ1n) is 6.27. The fourth-order valence-electron chi connectivity index (χ4n) is 2.30. The molecule has 0 aliphatic heterocycles. The molecule has 1 aliphatic carbocycles. The Morgan fingerprint density at radius 2 is 2.11 bits per heavy atom. The first-order chi connectivity index (χ1) is 8.66. The maximum atomic E-state index is 10.9. The Hall–Kier alpha value is -1.85. The molecule has 0 saturated heterocycles. The third-order valence-electron chi connectivity index (χ3n) is 3.35. The Balaban J connectivity index is 1.96. The minimum absolute atomic E-state index is 0.00357. The maximum Gasteiger partial charge on any atom is 0.339 e. The summed E-state index contributed by atoms with van der Waals surface area (Å²) in [4.78, 5) is 10.9. The fourth-order valence-corrected chi connectivity index (χ4v) is 2.30. The number of anilines is 2. The minimum atomic E-state index is -1.08. The summed E-state index contributed by atoms with van der Waals surface area (Å²) in [5.74, 6) is -0.00705. The van der Waals surface area contributed by atoms with E-state index in [0.717, 1.165) is 6.54 Å². The molecule has 0 amide bonds. The molecule has 0 bridgehead atoms. The number of hydrogen-bond acceptors (Lipinski definition) is 5. The van der Waals surface area contributed by atoms with E-state index in [1.165, 1.54) is 38.2 Å². The number of aromatic nitrogens is 2. The zero-order valence-electron chi connectivity index (χ0n) is 10.2. The van der Waals surface area contributed by atoms with Crippen LogP contribution in [0.15, 0.2) is 6.07 Å². The van der Waals surface area contributed by atoms with E-state index in [0.29, 0.717) is 11.7 Å². The molecule has 0 atom stereocenters. The second-order valence-electron chi connectivity index (χ2n) is 4.72.